The van der Waals surface area contributed by atoms with Gasteiger partial charge in [-0.3, -0.25) is 9.36 Å². The van der Waals surface area contributed by atoms with E-state index in [1.807, 2.05) is 19.1 Å². The van der Waals surface area contributed by atoms with E-state index in [2.05, 4.69) is 0 Å². The number of rotatable bonds is 8. The second-order valence-electron chi connectivity index (χ2n) is 4.22. The van der Waals surface area contributed by atoms with Crippen LogP contribution in [0.4, 0.5) is 0 Å². The van der Waals surface area contributed by atoms with Crippen LogP contribution < -0.4 is 0 Å². The van der Waals surface area contributed by atoms with Gasteiger partial charge in [-0.15, -0.1) is 0 Å². The van der Waals surface area contributed by atoms with Crippen LogP contribution in [0.3, 0.4) is 0 Å². The van der Waals surface area contributed by atoms with Crippen LogP contribution in [0.15, 0.2) is 18.2 Å². The second kappa shape index (κ2) is 7.59. The predicted octanol–water partition coefficient (Wildman–Crippen LogP) is 3.62. The first-order valence-corrected chi connectivity index (χ1v) is 8.20. The van der Waals surface area contributed by atoms with Gasteiger partial charge in [-0.05, 0) is 44.4 Å². The van der Waals surface area contributed by atoms with Crippen molar-refractivity contribution in [3.8, 4) is 0 Å². The zero-order chi connectivity index (χ0) is 14.3. The minimum atomic E-state index is -3.02. The maximum absolute atomic E-state index is 12.3. The molecular formula is C14H21O4P. The first-order valence-electron chi connectivity index (χ1n) is 6.47. The quantitative estimate of drug-likeness (QED) is 0.540. The number of aldehydes is 1. The third kappa shape index (κ3) is 4.90. The summed E-state index contributed by atoms with van der Waals surface area (Å²) in [6, 6.07) is 5.49. The molecule has 0 radical (unpaired) electrons. The molecule has 0 N–H and O–H groups in total. The summed E-state index contributed by atoms with van der Waals surface area (Å²) in [5, 5.41) is 0. The number of aryl methyl sites for hydroxylation is 2. The van der Waals surface area contributed by atoms with Crippen molar-refractivity contribution in [3.63, 3.8) is 0 Å². The molecular weight excluding hydrogens is 263 g/mol. The Balaban J connectivity index is 2.79. The molecule has 0 amide bonds. The van der Waals surface area contributed by atoms with Crippen LogP contribution in [-0.2, 0) is 20.0 Å². The summed E-state index contributed by atoms with van der Waals surface area (Å²) in [6.45, 7) is 6.29. The zero-order valence-electron chi connectivity index (χ0n) is 11.7. The van der Waals surface area contributed by atoms with E-state index in [1.165, 1.54) is 0 Å². The van der Waals surface area contributed by atoms with Crippen molar-refractivity contribution in [2.24, 2.45) is 0 Å². The number of carbonyl (C=O) groups is 1. The molecule has 0 fully saturated rings. The molecule has 0 atom stereocenters. The lowest BCUT2D eigenvalue weighted by atomic mass is 10.0. The molecule has 0 heterocycles. The summed E-state index contributed by atoms with van der Waals surface area (Å²) in [4.78, 5) is 10.8. The summed E-state index contributed by atoms with van der Waals surface area (Å²) >= 11 is 0. The van der Waals surface area contributed by atoms with Crippen molar-refractivity contribution in [2.75, 3.05) is 19.4 Å². The Morgan fingerprint density at radius 3 is 2.37 bits per heavy atom. The molecule has 4 nitrogen and oxygen atoms in total. The van der Waals surface area contributed by atoms with Gasteiger partial charge in [0.15, 0.2) is 0 Å². The van der Waals surface area contributed by atoms with E-state index in [1.54, 1.807) is 19.9 Å². The van der Waals surface area contributed by atoms with Crippen molar-refractivity contribution in [2.45, 2.75) is 27.2 Å². The first kappa shape index (κ1) is 16.1. The SMILES string of the molecule is CCOP(=O)(CCc1cc(C=O)ccc1C)OCC. The van der Waals surface area contributed by atoms with Crippen LogP contribution in [0.2, 0.25) is 0 Å². The van der Waals surface area contributed by atoms with Gasteiger partial charge in [0.25, 0.3) is 0 Å². The first-order chi connectivity index (χ1) is 9.04. The van der Waals surface area contributed by atoms with E-state index in [0.29, 0.717) is 31.4 Å². The van der Waals surface area contributed by atoms with Crippen LogP contribution in [0, 0.1) is 6.92 Å². The third-order valence-corrected chi connectivity index (χ3v) is 4.89. The summed E-state index contributed by atoms with van der Waals surface area (Å²) in [6.07, 6.45) is 1.72. The molecule has 1 aromatic carbocycles. The van der Waals surface area contributed by atoms with Crippen LogP contribution in [0.5, 0.6) is 0 Å². The molecule has 0 aliphatic carbocycles. The molecule has 1 rings (SSSR count). The zero-order valence-corrected chi connectivity index (χ0v) is 12.6. The number of hydrogen-bond acceptors (Lipinski definition) is 4. The Morgan fingerprint density at radius 2 is 1.84 bits per heavy atom. The van der Waals surface area contributed by atoms with Gasteiger partial charge in [0.05, 0.1) is 19.4 Å². The van der Waals surface area contributed by atoms with Crippen molar-refractivity contribution >= 4 is 13.9 Å². The van der Waals surface area contributed by atoms with Crippen molar-refractivity contribution in [1.82, 2.24) is 0 Å². The molecule has 0 saturated carbocycles. The van der Waals surface area contributed by atoms with Crippen LogP contribution >= 0.6 is 7.60 Å². The molecule has 0 aliphatic rings. The summed E-state index contributed by atoms with van der Waals surface area (Å²) in [7, 11) is -3.02. The Kier molecular flexibility index (Phi) is 6.43. The van der Waals surface area contributed by atoms with Gasteiger partial charge in [-0.25, -0.2) is 0 Å². The maximum atomic E-state index is 12.3. The van der Waals surface area contributed by atoms with E-state index < -0.39 is 7.60 Å². The lowest BCUT2D eigenvalue weighted by Crippen LogP contribution is -2.04. The van der Waals surface area contributed by atoms with Crippen molar-refractivity contribution < 1.29 is 18.4 Å². The fourth-order valence-corrected chi connectivity index (χ4v) is 3.49. The Labute approximate surface area is 114 Å². The highest BCUT2D eigenvalue weighted by molar-refractivity contribution is 7.53. The van der Waals surface area contributed by atoms with E-state index >= 15 is 0 Å². The smallest absolute Gasteiger partial charge is 0.309 e. The van der Waals surface area contributed by atoms with E-state index in [0.717, 1.165) is 17.4 Å². The van der Waals surface area contributed by atoms with Crippen molar-refractivity contribution in [3.05, 3.63) is 34.9 Å². The Hall–Kier alpha value is -0.960. The predicted molar refractivity (Wildman–Crippen MR) is 76.0 cm³/mol. The maximum Gasteiger partial charge on any atom is 0.330 e. The van der Waals surface area contributed by atoms with Crippen molar-refractivity contribution in [1.29, 1.82) is 0 Å². The number of benzene rings is 1. The molecule has 5 heteroatoms. The Morgan fingerprint density at radius 1 is 1.21 bits per heavy atom. The molecule has 0 unspecified atom stereocenters. The lowest BCUT2D eigenvalue weighted by molar-refractivity contribution is 0.112. The molecule has 0 bridgehead atoms. The van der Waals surface area contributed by atoms with Gasteiger partial charge in [-0.2, -0.15) is 0 Å². The summed E-state index contributed by atoms with van der Waals surface area (Å²) in [5.41, 5.74) is 2.71. The molecule has 0 saturated heterocycles. The fraction of sp³-hybridized carbons (Fsp3) is 0.500. The highest BCUT2D eigenvalue weighted by Gasteiger charge is 2.23. The number of carbonyl (C=O) groups excluding carboxylic acids is 1. The van der Waals surface area contributed by atoms with Crippen LogP contribution in [-0.4, -0.2) is 25.7 Å². The van der Waals surface area contributed by atoms with Gasteiger partial charge in [0.2, 0.25) is 0 Å². The molecule has 106 valence electrons. The average molecular weight is 284 g/mol. The Bertz CT molecular complexity index is 461. The summed E-state index contributed by atoms with van der Waals surface area (Å²) < 4.78 is 22.8. The van der Waals surface area contributed by atoms with Crippen LogP contribution in [0.25, 0.3) is 0 Å². The standard InChI is InChI=1S/C14H21O4P/c1-4-17-19(16,18-5-2)9-8-14-10-13(11-15)7-6-12(14)3/h6-7,10-11H,4-5,8-9H2,1-3H3. The van der Waals surface area contributed by atoms with Gasteiger partial charge in [0, 0.05) is 5.56 Å². The lowest BCUT2D eigenvalue weighted by Gasteiger charge is -2.17. The molecule has 0 aromatic heterocycles. The van der Waals surface area contributed by atoms with Gasteiger partial charge >= 0.3 is 7.60 Å². The third-order valence-electron chi connectivity index (χ3n) is 2.82. The van der Waals surface area contributed by atoms with Gasteiger partial charge in [-0.1, -0.05) is 12.1 Å². The fourth-order valence-electron chi connectivity index (χ4n) is 1.85. The molecule has 0 aliphatic heterocycles. The van der Waals surface area contributed by atoms with Gasteiger partial charge in [0.1, 0.15) is 6.29 Å². The number of hydrogen-bond donors (Lipinski definition) is 0. The molecule has 0 spiro atoms. The minimum absolute atomic E-state index is 0.331. The average Bonchev–Trinajstić information content (AvgIpc) is 2.38. The minimum Gasteiger partial charge on any atom is -0.309 e. The topological polar surface area (TPSA) is 52.6 Å². The van der Waals surface area contributed by atoms with E-state index in [-0.39, 0.29) is 0 Å². The van der Waals surface area contributed by atoms with Gasteiger partial charge < -0.3 is 9.05 Å². The highest BCUT2D eigenvalue weighted by Crippen LogP contribution is 2.48. The second-order valence-corrected chi connectivity index (χ2v) is 6.41. The van der Waals surface area contributed by atoms with E-state index in [4.69, 9.17) is 9.05 Å². The largest absolute Gasteiger partial charge is 0.330 e. The monoisotopic (exact) mass is 284 g/mol. The highest BCUT2D eigenvalue weighted by atomic mass is 31.2. The van der Waals surface area contributed by atoms with Crippen LogP contribution in [0.1, 0.15) is 35.3 Å². The molecule has 19 heavy (non-hydrogen) atoms. The molecule has 1 aromatic rings. The normalized spacial score (nSPS) is 11.5. The van der Waals surface area contributed by atoms with E-state index in [9.17, 15) is 9.36 Å². The summed E-state index contributed by atoms with van der Waals surface area (Å²) in [5.74, 6) is 0.